The molecule has 0 saturated carbocycles. The Hall–Kier alpha value is -0.550. The maximum atomic E-state index is 8.09. The summed E-state index contributed by atoms with van der Waals surface area (Å²) >= 11 is 0. The molecule has 2 nitrogen and oxygen atoms in total. The standard InChI is InChI=1S/C5H9NO/c1-3-7-5(2)4-6/h5H,3H2,1-2H3/t5-/m1/s1. The quantitative estimate of drug-likeness (QED) is 0.516. The third kappa shape index (κ3) is 3.28. The van der Waals surface area contributed by atoms with Crippen LogP contribution < -0.4 is 0 Å². The van der Waals surface area contributed by atoms with Gasteiger partial charge in [-0.1, -0.05) is 0 Å². The van der Waals surface area contributed by atoms with Gasteiger partial charge in [0.2, 0.25) is 0 Å². The zero-order valence-electron chi connectivity index (χ0n) is 4.64. The molecule has 0 aromatic rings. The zero-order chi connectivity index (χ0) is 5.70. The van der Waals surface area contributed by atoms with Crippen LogP contribution in [0.25, 0.3) is 0 Å². The maximum absolute atomic E-state index is 8.09. The number of nitriles is 1. The number of ether oxygens (including phenoxy) is 1. The summed E-state index contributed by atoms with van der Waals surface area (Å²) in [5.74, 6) is 0. The van der Waals surface area contributed by atoms with Crippen molar-refractivity contribution in [2.45, 2.75) is 20.0 Å². The van der Waals surface area contributed by atoms with Crippen LogP contribution in [0, 0.1) is 11.3 Å². The van der Waals surface area contributed by atoms with E-state index >= 15 is 0 Å². The van der Waals surface area contributed by atoms with Gasteiger partial charge in [-0.05, 0) is 13.8 Å². The highest BCUT2D eigenvalue weighted by molar-refractivity contribution is 4.78. The SMILES string of the molecule is CCO[C@H](C)C#N. The van der Waals surface area contributed by atoms with Gasteiger partial charge >= 0.3 is 0 Å². The smallest absolute Gasteiger partial charge is 0.141 e. The van der Waals surface area contributed by atoms with Crippen LogP contribution in [0.5, 0.6) is 0 Å². The first-order chi connectivity index (χ1) is 3.31. The highest BCUT2D eigenvalue weighted by Gasteiger charge is 1.91. The first-order valence-electron chi connectivity index (χ1n) is 2.32. The van der Waals surface area contributed by atoms with Gasteiger partial charge in [-0.3, -0.25) is 0 Å². The summed E-state index contributed by atoms with van der Waals surface area (Å²) in [6.45, 7) is 4.21. The molecule has 0 aliphatic carbocycles. The molecule has 0 N–H and O–H groups in total. The van der Waals surface area contributed by atoms with Gasteiger partial charge in [-0.25, -0.2) is 0 Å². The van der Waals surface area contributed by atoms with Crippen molar-refractivity contribution in [1.82, 2.24) is 0 Å². The molecular weight excluding hydrogens is 90.1 g/mol. The van der Waals surface area contributed by atoms with E-state index < -0.39 is 0 Å². The molecule has 0 radical (unpaired) electrons. The van der Waals surface area contributed by atoms with E-state index in [1.165, 1.54) is 0 Å². The third-order valence-electron chi connectivity index (χ3n) is 0.598. The summed E-state index contributed by atoms with van der Waals surface area (Å²) < 4.78 is 4.83. The van der Waals surface area contributed by atoms with E-state index in [1.807, 2.05) is 13.0 Å². The fourth-order valence-corrected chi connectivity index (χ4v) is 0.287. The van der Waals surface area contributed by atoms with Crippen LogP contribution in [0.2, 0.25) is 0 Å². The van der Waals surface area contributed by atoms with Crippen LogP contribution in [0.1, 0.15) is 13.8 Å². The Morgan fingerprint density at radius 1 is 1.86 bits per heavy atom. The van der Waals surface area contributed by atoms with Crippen LogP contribution in [-0.2, 0) is 4.74 Å². The molecule has 0 fully saturated rings. The van der Waals surface area contributed by atoms with Crippen LogP contribution >= 0.6 is 0 Å². The molecule has 1 atom stereocenters. The van der Waals surface area contributed by atoms with Crippen molar-refractivity contribution in [3.8, 4) is 6.07 Å². The van der Waals surface area contributed by atoms with E-state index in [0.29, 0.717) is 6.61 Å². The van der Waals surface area contributed by atoms with Gasteiger partial charge < -0.3 is 4.74 Å². The molecule has 0 spiro atoms. The van der Waals surface area contributed by atoms with Gasteiger partial charge in [0.05, 0.1) is 6.07 Å². The second kappa shape index (κ2) is 3.63. The summed E-state index contributed by atoms with van der Waals surface area (Å²) in [5.41, 5.74) is 0. The zero-order valence-corrected chi connectivity index (χ0v) is 4.64. The van der Waals surface area contributed by atoms with E-state index in [4.69, 9.17) is 10.00 Å². The van der Waals surface area contributed by atoms with E-state index in [1.54, 1.807) is 6.92 Å². The number of hydrogen-bond donors (Lipinski definition) is 0. The van der Waals surface area contributed by atoms with E-state index in [0.717, 1.165) is 0 Å². The van der Waals surface area contributed by atoms with E-state index in [-0.39, 0.29) is 6.10 Å². The van der Waals surface area contributed by atoms with Crippen molar-refractivity contribution < 1.29 is 4.74 Å². The molecule has 0 bridgehead atoms. The first-order valence-corrected chi connectivity index (χ1v) is 2.32. The summed E-state index contributed by atoms with van der Waals surface area (Å²) in [4.78, 5) is 0. The topological polar surface area (TPSA) is 33.0 Å². The minimum absolute atomic E-state index is 0.245. The molecule has 0 aliphatic rings. The van der Waals surface area contributed by atoms with Gasteiger partial charge in [0.25, 0.3) is 0 Å². The van der Waals surface area contributed by atoms with Crippen LogP contribution in [-0.4, -0.2) is 12.7 Å². The Balaban J connectivity index is 3.04. The van der Waals surface area contributed by atoms with E-state index in [2.05, 4.69) is 0 Å². The molecular formula is C5H9NO. The monoisotopic (exact) mass is 99.1 g/mol. The lowest BCUT2D eigenvalue weighted by Gasteiger charge is -1.97. The highest BCUT2D eigenvalue weighted by atomic mass is 16.5. The molecule has 0 aromatic carbocycles. The Morgan fingerprint density at radius 3 is 2.57 bits per heavy atom. The van der Waals surface area contributed by atoms with Gasteiger partial charge in [0.15, 0.2) is 0 Å². The van der Waals surface area contributed by atoms with E-state index in [9.17, 15) is 0 Å². The first kappa shape index (κ1) is 6.45. The average Bonchev–Trinajstić information content (AvgIpc) is 1.68. The summed E-state index contributed by atoms with van der Waals surface area (Å²) in [5, 5.41) is 8.09. The molecule has 0 saturated heterocycles. The van der Waals surface area contributed by atoms with Crippen molar-refractivity contribution in [2.24, 2.45) is 0 Å². The molecule has 0 unspecified atom stereocenters. The molecule has 0 heterocycles. The second-order valence-corrected chi connectivity index (χ2v) is 1.23. The number of nitrogens with zero attached hydrogens (tertiary/aromatic N) is 1. The summed E-state index contributed by atoms with van der Waals surface area (Å²) in [6, 6.07) is 1.94. The predicted molar refractivity (Wildman–Crippen MR) is 26.7 cm³/mol. The summed E-state index contributed by atoms with van der Waals surface area (Å²) in [7, 11) is 0. The lowest BCUT2D eigenvalue weighted by Crippen LogP contribution is -2.02. The average molecular weight is 99.1 g/mol. The molecule has 40 valence electrons. The minimum Gasteiger partial charge on any atom is -0.364 e. The van der Waals surface area contributed by atoms with Gasteiger partial charge in [0, 0.05) is 6.61 Å². The van der Waals surface area contributed by atoms with Crippen LogP contribution in [0.4, 0.5) is 0 Å². The lowest BCUT2D eigenvalue weighted by atomic mass is 10.5. The van der Waals surface area contributed by atoms with Crippen LogP contribution in [0.3, 0.4) is 0 Å². The molecule has 7 heavy (non-hydrogen) atoms. The Bertz CT molecular complexity index is 74.6. The van der Waals surface area contributed by atoms with Crippen molar-refractivity contribution in [3.05, 3.63) is 0 Å². The molecule has 0 amide bonds. The Labute approximate surface area is 43.7 Å². The lowest BCUT2D eigenvalue weighted by molar-refractivity contribution is 0.114. The summed E-state index contributed by atoms with van der Waals surface area (Å²) in [6.07, 6.45) is -0.245. The maximum Gasteiger partial charge on any atom is 0.141 e. The van der Waals surface area contributed by atoms with Gasteiger partial charge in [0.1, 0.15) is 6.10 Å². The fraction of sp³-hybridized carbons (Fsp3) is 0.800. The fourth-order valence-electron chi connectivity index (χ4n) is 0.287. The third-order valence-corrected chi connectivity index (χ3v) is 0.598. The molecule has 0 aliphatic heterocycles. The Kier molecular flexibility index (Phi) is 3.35. The van der Waals surface area contributed by atoms with Crippen LogP contribution in [0.15, 0.2) is 0 Å². The minimum atomic E-state index is -0.245. The van der Waals surface area contributed by atoms with Gasteiger partial charge in [-0.15, -0.1) is 0 Å². The van der Waals surface area contributed by atoms with Crippen molar-refractivity contribution >= 4 is 0 Å². The van der Waals surface area contributed by atoms with Crippen molar-refractivity contribution in [3.63, 3.8) is 0 Å². The molecule has 0 rings (SSSR count). The van der Waals surface area contributed by atoms with Gasteiger partial charge in [-0.2, -0.15) is 5.26 Å². The van der Waals surface area contributed by atoms with Crippen molar-refractivity contribution in [2.75, 3.05) is 6.61 Å². The largest absolute Gasteiger partial charge is 0.364 e. The van der Waals surface area contributed by atoms with Crippen molar-refractivity contribution in [1.29, 1.82) is 5.26 Å². The molecule has 2 heteroatoms. The normalized spacial score (nSPS) is 12.7. The second-order valence-electron chi connectivity index (χ2n) is 1.23. The molecule has 0 aromatic heterocycles. The predicted octanol–water partition coefficient (Wildman–Crippen LogP) is 0.935. The highest BCUT2D eigenvalue weighted by Crippen LogP contribution is 1.83. The number of hydrogen-bond acceptors (Lipinski definition) is 2. The Morgan fingerprint density at radius 2 is 2.43 bits per heavy atom. The number of rotatable bonds is 2.